The van der Waals surface area contributed by atoms with Crippen molar-refractivity contribution in [3.8, 4) is 0 Å². The maximum atomic E-state index is 14.5. The maximum absolute atomic E-state index is 14.5. The number of hydrogen-bond acceptors (Lipinski definition) is 4. The molecule has 2 aromatic carbocycles. The van der Waals surface area contributed by atoms with E-state index in [0.717, 1.165) is 32.1 Å². The Labute approximate surface area is 227 Å². The summed E-state index contributed by atoms with van der Waals surface area (Å²) >= 11 is 6.58. The minimum atomic E-state index is -3.81. The summed E-state index contributed by atoms with van der Waals surface area (Å²) in [6.07, 6.45) is 5.58. The van der Waals surface area contributed by atoms with E-state index in [0.29, 0.717) is 31.5 Å². The Bertz CT molecular complexity index is 1300. The number of carbonyl (C=O) groups excluding carboxylic acids is 2. The molecule has 1 saturated carbocycles. The van der Waals surface area contributed by atoms with Crippen LogP contribution in [-0.4, -0.2) is 60.6 Å². The monoisotopic (exact) mass is 562 g/mol. The summed E-state index contributed by atoms with van der Waals surface area (Å²) in [7, 11) is -3.81. The zero-order chi connectivity index (χ0) is 26.9. The van der Waals surface area contributed by atoms with Gasteiger partial charge >= 0.3 is 0 Å². The van der Waals surface area contributed by atoms with Crippen LogP contribution in [0.5, 0.6) is 0 Å². The Morgan fingerprint density at radius 3 is 2.39 bits per heavy atom. The highest BCUT2D eigenvalue weighted by Gasteiger charge is 2.48. The van der Waals surface area contributed by atoms with Crippen molar-refractivity contribution in [2.24, 2.45) is 0 Å². The lowest BCUT2D eigenvalue weighted by Crippen LogP contribution is -2.53. The smallest absolute Gasteiger partial charge is 0.282 e. The third-order valence-electron chi connectivity index (χ3n) is 7.50. The van der Waals surface area contributed by atoms with Gasteiger partial charge in [-0.3, -0.25) is 14.5 Å². The predicted molar refractivity (Wildman–Crippen MR) is 143 cm³/mol. The first-order chi connectivity index (χ1) is 18.3. The molecule has 2 saturated heterocycles. The summed E-state index contributed by atoms with van der Waals surface area (Å²) in [5.74, 6) is -1.59. The lowest BCUT2D eigenvalue weighted by atomic mass is 9.94. The molecule has 8 nitrogen and oxygen atoms in total. The van der Waals surface area contributed by atoms with Crippen LogP contribution in [-0.2, 0) is 19.8 Å². The van der Waals surface area contributed by atoms with E-state index in [-0.39, 0.29) is 23.3 Å². The number of nitrogens with one attached hydrogen (secondary N) is 1. The molecule has 2 atom stereocenters. The number of nitrogens with zero attached hydrogens (tertiary/aromatic N) is 3. The molecule has 0 bridgehead atoms. The first-order valence-electron chi connectivity index (χ1n) is 13.2. The number of hydrogen-bond donors (Lipinski definition) is 1. The molecular formula is C27H32ClFN4O4S. The van der Waals surface area contributed by atoms with E-state index in [1.54, 1.807) is 30.3 Å². The fraction of sp³-hybridized carbons (Fsp3) is 0.481. The Kier molecular flexibility index (Phi) is 8.04. The van der Waals surface area contributed by atoms with Crippen LogP contribution < -0.4 is 10.2 Å². The average molecular weight is 563 g/mol. The summed E-state index contributed by atoms with van der Waals surface area (Å²) in [6, 6.07) is 9.95. The minimum Gasteiger partial charge on any atom is -0.351 e. The highest BCUT2D eigenvalue weighted by molar-refractivity contribution is 7.87. The van der Waals surface area contributed by atoms with E-state index in [1.807, 2.05) is 0 Å². The fourth-order valence-electron chi connectivity index (χ4n) is 5.49. The number of rotatable bonds is 8. The van der Waals surface area contributed by atoms with Gasteiger partial charge in [0, 0.05) is 41.9 Å². The SMILES string of the molecule is O=C(NC1CCCCC1)[C@H](c1ccccc1Cl)N(C(=O)[C@@H]1CCCN1S(=O)(=O)N1CC1)c1cccc(F)c1. The Hall–Kier alpha value is -2.53. The van der Waals surface area contributed by atoms with Crippen molar-refractivity contribution in [3.63, 3.8) is 0 Å². The van der Waals surface area contributed by atoms with Crippen LogP contribution in [0.4, 0.5) is 10.1 Å². The molecule has 0 radical (unpaired) electrons. The standard InChI is InChI=1S/C27H32ClFN4O4S/c28-23-13-5-4-12-22(23)25(26(34)30-20-9-2-1-3-10-20)33(21-11-6-8-19(29)18-21)27(35)24-14-7-15-32(24)38(36,37)31-16-17-31/h4-6,8,11-13,18,20,24-25H,1-3,7,9-10,14-17H2,(H,30,34)/t24-,25-/m0/s1. The van der Waals surface area contributed by atoms with Gasteiger partial charge in [0.05, 0.1) is 0 Å². The summed E-state index contributed by atoms with van der Waals surface area (Å²) in [6.45, 7) is 1.04. The van der Waals surface area contributed by atoms with E-state index in [4.69, 9.17) is 11.6 Å². The van der Waals surface area contributed by atoms with Crippen LogP contribution in [0.2, 0.25) is 5.02 Å². The molecule has 204 valence electrons. The molecule has 0 unspecified atom stereocenters. The lowest BCUT2D eigenvalue weighted by molar-refractivity contribution is -0.128. The van der Waals surface area contributed by atoms with E-state index in [2.05, 4.69) is 5.32 Å². The van der Waals surface area contributed by atoms with E-state index in [1.165, 1.54) is 31.7 Å². The van der Waals surface area contributed by atoms with Gasteiger partial charge < -0.3 is 5.32 Å². The molecule has 2 heterocycles. The van der Waals surface area contributed by atoms with Gasteiger partial charge in [0.2, 0.25) is 11.8 Å². The molecule has 2 aromatic rings. The summed E-state index contributed by atoms with van der Waals surface area (Å²) in [5.41, 5.74) is 0.549. The number of carbonyl (C=O) groups is 2. The first kappa shape index (κ1) is 27.1. The van der Waals surface area contributed by atoms with Crippen molar-refractivity contribution < 1.29 is 22.4 Å². The second-order valence-corrected chi connectivity index (χ2v) is 12.4. The predicted octanol–water partition coefficient (Wildman–Crippen LogP) is 4.03. The van der Waals surface area contributed by atoms with Gasteiger partial charge in [0.25, 0.3) is 10.2 Å². The molecule has 2 amide bonds. The van der Waals surface area contributed by atoms with Crippen LogP contribution in [0.1, 0.15) is 56.6 Å². The van der Waals surface area contributed by atoms with Crippen molar-refractivity contribution >= 4 is 39.3 Å². The normalized spacial score (nSPS) is 21.7. The maximum Gasteiger partial charge on any atom is 0.282 e. The molecule has 2 aliphatic heterocycles. The summed E-state index contributed by atoms with van der Waals surface area (Å²) in [5, 5.41) is 3.38. The molecule has 1 aliphatic carbocycles. The van der Waals surface area contributed by atoms with Crippen molar-refractivity contribution in [3.05, 3.63) is 64.9 Å². The molecule has 5 rings (SSSR count). The zero-order valence-corrected chi connectivity index (χ0v) is 22.6. The van der Waals surface area contributed by atoms with Crippen LogP contribution in [0, 0.1) is 5.82 Å². The van der Waals surface area contributed by atoms with Gasteiger partial charge in [-0.2, -0.15) is 17.0 Å². The van der Waals surface area contributed by atoms with Crippen molar-refractivity contribution in [1.29, 1.82) is 0 Å². The minimum absolute atomic E-state index is 0.0447. The highest BCUT2D eigenvalue weighted by Crippen LogP contribution is 2.36. The third-order valence-corrected chi connectivity index (χ3v) is 9.89. The number of amides is 2. The molecule has 0 spiro atoms. The van der Waals surface area contributed by atoms with Gasteiger partial charge in [-0.1, -0.05) is 55.1 Å². The van der Waals surface area contributed by atoms with Gasteiger partial charge in [-0.05, 0) is 49.9 Å². The molecule has 1 N–H and O–H groups in total. The molecule has 0 aromatic heterocycles. The average Bonchev–Trinajstić information content (AvgIpc) is 3.65. The van der Waals surface area contributed by atoms with Crippen LogP contribution in [0.25, 0.3) is 0 Å². The number of halogens is 2. The van der Waals surface area contributed by atoms with Crippen LogP contribution in [0.3, 0.4) is 0 Å². The van der Waals surface area contributed by atoms with Gasteiger partial charge in [0.15, 0.2) is 0 Å². The Balaban J connectivity index is 1.58. The van der Waals surface area contributed by atoms with Gasteiger partial charge in [0.1, 0.15) is 17.9 Å². The van der Waals surface area contributed by atoms with Gasteiger partial charge in [-0.25, -0.2) is 4.39 Å². The first-order valence-corrected chi connectivity index (χ1v) is 15.0. The zero-order valence-electron chi connectivity index (χ0n) is 21.1. The molecular weight excluding hydrogens is 531 g/mol. The second kappa shape index (κ2) is 11.3. The van der Waals surface area contributed by atoms with Crippen molar-refractivity contribution in [2.75, 3.05) is 24.5 Å². The Morgan fingerprint density at radius 2 is 1.71 bits per heavy atom. The summed E-state index contributed by atoms with van der Waals surface area (Å²) in [4.78, 5) is 29.6. The molecule has 11 heteroatoms. The molecule has 38 heavy (non-hydrogen) atoms. The van der Waals surface area contributed by atoms with E-state index in [9.17, 15) is 22.4 Å². The summed E-state index contributed by atoms with van der Waals surface area (Å²) < 4.78 is 43.3. The molecule has 3 aliphatic rings. The van der Waals surface area contributed by atoms with Crippen LogP contribution in [0.15, 0.2) is 48.5 Å². The second-order valence-electron chi connectivity index (χ2n) is 10.1. The van der Waals surface area contributed by atoms with E-state index < -0.39 is 39.9 Å². The van der Waals surface area contributed by atoms with Crippen molar-refractivity contribution in [1.82, 2.24) is 13.9 Å². The van der Waals surface area contributed by atoms with Gasteiger partial charge in [-0.15, -0.1) is 0 Å². The Morgan fingerprint density at radius 1 is 0.974 bits per heavy atom. The largest absolute Gasteiger partial charge is 0.351 e. The number of anilines is 1. The fourth-order valence-corrected chi connectivity index (χ4v) is 7.45. The lowest BCUT2D eigenvalue weighted by Gasteiger charge is -2.36. The quantitative estimate of drug-likeness (QED) is 0.492. The third kappa shape index (κ3) is 5.59. The van der Waals surface area contributed by atoms with Crippen LogP contribution >= 0.6 is 11.6 Å². The topological polar surface area (TPSA) is 89.8 Å². The van der Waals surface area contributed by atoms with Crippen molar-refractivity contribution in [2.45, 2.75) is 63.1 Å². The van der Waals surface area contributed by atoms with E-state index >= 15 is 0 Å². The highest BCUT2D eigenvalue weighted by atomic mass is 35.5. The molecule has 3 fully saturated rings. The number of benzene rings is 2.